The molecule has 3 nitrogen and oxygen atoms in total. The summed E-state index contributed by atoms with van der Waals surface area (Å²) >= 11 is 0. The van der Waals surface area contributed by atoms with Gasteiger partial charge in [-0.15, -0.1) is 0 Å². The van der Waals surface area contributed by atoms with Crippen LogP contribution in [-0.4, -0.2) is 46.3 Å². The van der Waals surface area contributed by atoms with Crippen LogP contribution in [0.5, 0.6) is 0 Å². The van der Waals surface area contributed by atoms with Gasteiger partial charge in [-0.05, 0) is 47.7 Å². The van der Waals surface area contributed by atoms with Crippen molar-refractivity contribution in [2.24, 2.45) is 5.92 Å². The summed E-state index contributed by atoms with van der Waals surface area (Å²) in [5.74, 6) is 0.506. The molecule has 0 N–H and O–H groups in total. The summed E-state index contributed by atoms with van der Waals surface area (Å²) in [6, 6.07) is 11.2. The highest BCUT2D eigenvalue weighted by atomic mass is 28.4. The van der Waals surface area contributed by atoms with E-state index in [2.05, 4.69) is 117 Å². The third kappa shape index (κ3) is 6.32. The highest BCUT2D eigenvalue weighted by Gasteiger charge is 2.52. The monoisotopic (exact) mass is 463 g/mol. The van der Waals surface area contributed by atoms with Crippen molar-refractivity contribution in [2.45, 2.75) is 116 Å². The lowest BCUT2D eigenvalue weighted by Gasteiger charge is -2.44. The van der Waals surface area contributed by atoms with E-state index in [-0.39, 0.29) is 22.3 Å². The fourth-order valence-corrected chi connectivity index (χ4v) is 6.64. The SMILES string of the molecule is CC(C)[C@H]1[C@H](O[Si](C)(C)C(C)(C)C)[C@@H](O[Si](C)(C)C(C)(C)C)CN1Cc1ccccc1. The van der Waals surface area contributed by atoms with Crippen molar-refractivity contribution in [3.63, 3.8) is 0 Å². The molecular weight excluding hydrogens is 414 g/mol. The van der Waals surface area contributed by atoms with Crippen LogP contribution >= 0.6 is 0 Å². The first-order valence-corrected chi connectivity index (χ1v) is 17.9. The number of hydrogen-bond acceptors (Lipinski definition) is 3. The van der Waals surface area contributed by atoms with Crippen molar-refractivity contribution in [1.29, 1.82) is 0 Å². The van der Waals surface area contributed by atoms with E-state index >= 15 is 0 Å². The maximum atomic E-state index is 7.17. The van der Waals surface area contributed by atoms with Crippen LogP contribution in [0.15, 0.2) is 30.3 Å². The molecular formula is C26H49NO2Si2. The summed E-state index contributed by atoms with van der Waals surface area (Å²) in [6.07, 6.45) is 0.254. The summed E-state index contributed by atoms with van der Waals surface area (Å²) in [4.78, 5) is 2.63. The van der Waals surface area contributed by atoms with Gasteiger partial charge in [0.05, 0.1) is 12.2 Å². The fourth-order valence-electron chi connectivity index (χ4n) is 4.00. The van der Waals surface area contributed by atoms with Crippen LogP contribution in [0.2, 0.25) is 36.3 Å². The molecule has 0 radical (unpaired) electrons. The Labute approximate surface area is 195 Å². The molecule has 3 atom stereocenters. The van der Waals surface area contributed by atoms with Gasteiger partial charge < -0.3 is 8.85 Å². The molecule has 31 heavy (non-hydrogen) atoms. The zero-order valence-electron chi connectivity index (χ0n) is 22.4. The Morgan fingerprint density at radius 2 is 1.35 bits per heavy atom. The number of rotatable bonds is 7. The Morgan fingerprint density at radius 3 is 1.81 bits per heavy atom. The van der Waals surface area contributed by atoms with E-state index in [1.54, 1.807) is 0 Å². The van der Waals surface area contributed by atoms with Crippen molar-refractivity contribution in [1.82, 2.24) is 4.90 Å². The van der Waals surface area contributed by atoms with Crippen molar-refractivity contribution < 1.29 is 8.85 Å². The van der Waals surface area contributed by atoms with Crippen LogP contribution in [-0.2, 0) is 15.4 Å². The zero-order valence-corrected chi connectivity index (χ0v) is 24.4. The van der Waals surface area contributed by atoms with E-state index in [0.717, 1.165) is 13.1 Å². The smallest absolute Gasteiger partial charge is 0.192 e. The molecule has 0 aromatic heterocycles. The predicted octanol–water partition coefficient (Wildman–Crippen LogP) is 7.31. The van der Waals surface area contributed by atoms with Gasteiger partial charge in [-0.2, -0.15) is 0 Å². The molecule has 2 rings (SSSR count). The minimum atomic E-state index is -1.93. The van der Waals surface area contributed by atoms with Gasteiger partial charge in [-0.1, -0.05) is 85.7 Å². The van der Waals surface area contributed by atoms with Crippen LogP contribution in [0.1, 0.15) is 61.0 Å². The molecule has 0 unspecified atom stereocenters. The topological polar surface area (TPSA) is 21.7 Å². The Bertz CT molecular complexity index is 704. The summed E-state index contributed by atoms with van der Waals surface area (Å²) in [5, 5.41) is 0.373. The second-order valence-corrected chi connectivity index (χ2v) is 22.4. The lowest BCUT2D eigenvalue weighted by atomic mass is 9.98. The van der Waals surface area contributed by atoms with Crippen molar-refractivity contribution in [2.75, 3.05) is 6.54 Å². The Morgan fingerprint density at radius 1 is 0.871 bits per heavy atom. The molecule has 1 aliphatic rings. The molecule has 0 bridgehead atoms. The second-order valence-electron chi connectivity index (χ2n) is 12.9. The van der Waals surface area contributed by atoms with Crippen LogP contribution in [0.25, 0.3) is 0 Å². The van der Waals surface area contributed by atoms with Gasteiger partial charge >= 0.3 is 0 Å². The first kappa shape index (κ1) is 26.8. The molecule has 0 saturated carbocycles. The average molecular weight is 464 g/mol. The Hall–Kier alpha value is -0.466. The highest BCUT2D eigenvalue weighted by molar-refractivity contribution is 6.74. The number of hydrogen-bond donors (Lipinski definition) is 0. The number of benzene rings is 1. The van der Waals surface area contributed by atoms with Crippen LogP contribution < -0.4 is 0 Å². The van der Waals surface area contributed by atoms with Gasteiger partial charge in [0.2, 0.25) is 0 Å². The van der Waals surface area contributed by atoms with Gasteiger partial charge in [0.25, 0.3) is 0 Å². The van der Waals surface area contributed by atoms with Crippen LogP contribution in [0.3, 0.4) is 0 Å². The third-order valence-electron chi connectivity index (χ3n) is 7.94. The molecule has 1 heterocycles. The van der Waals surface area contributed by atoms with E-state index in [4.69, 9.17) is 8.85 Å². The molecule has 0 amide bonds. The summed E-state index contributed by atoms with van der Waals surface area (Å²) in [6.45, 7) is 30.1. The predicted molar refractivity (Wildman–Crippen MR) is 140 cm³/mol. The van der Waals surface area contributed by atoms with Gasteiger partial charge in [0, 0.05) is 19.1 Å². The zero-order chi connectivity index (χ0) is 23.8. The molecule has 1 saturated heterocycles. The van der Waals surface area contributed by atoms with Crippen molar-refractivity contribution in [3.05, 3.63) is 35.9 Å². The number of likely N-dealkylation sites (tertiary alicyclic amines) is 1. The van der Waals surface area contributed by atoms with E-state index < -0.39 is 16.6 Å². The van der Waals surface area contributed by atoms with Crippen molar-refractivity contribution >= 4 is 16.6 Å². The second kappa shape index (κ2) is 9.42. The fraction of sp³-hybridized carbons (Fsp3) is 0.769. The van der Waals surface area contributed by atoms with Crippen LogP contribution in [0, 0.1) is 5.92 Å². The molecule has 178 valence electrons. The average Bonchev–Trinajstić information content (AvgIpc) is 2.89. The van der Waals surface area contributed by atoms with E-state index in [1.807, 2.05) is 0 Å². The molecule has 1 aliphatic heterocycles. The molecule has 1 aromatic carbocycles. The quantitative estimate of drug-likeness (QED) is 0.396. The summed E-state index contributed by atoms with van der Waals surface area (Å²) in [7, 11) is -3.84. The largest absolute Gasteiger partial charge is 0.410 e. The highest BCUT2D eigenvalue weighted by Crippen LogP contribution is 2.44. The Kier molecular flexibility index (Phi) is 8.14. The maximum Gasteiger partial charge on any atom is 0.192 e. The lowest BCUT2D eigenvalue weighted by molar-refractivity contribution is 0.0391. The minimum absolute atomic E-state index is 0.124. The van der Waals surface area contributed by atoms with Crippen molar-refractivity contribution in [3.8, 4) is 0 Å². The summed E-state index contributed by atoms with van der Waals surface area (Å²) < 4.78 is 14.2. The van der Waals surface area contributed by atoms with E-state index in [0.29, 0.717) is 12.0 Å². The standard InChI is InChI=1S/C26H49NO2Si2/c1-20(2)23-24(29-31(11,12)26(6,7)8)22(28-30(9,10)25(3,4)5)19-27(23)18-21-16-14-13-15-17-21/h13-17,20,22-24H,18-19H2,1-12H3/t22-,23-,24+/m0/s1. The molecule has 0 aliphatic carbocycles. The van der Waals surface area contributed by atoms with Gasteiger partial charge in [0.15, 0.2) is 16.6 Å². The van der Waals surface area contributed by atoms with Crippen LogP contribution in [0.4, 0.5) is 0 Å². The van der Waals surface area contributed by atoms with Gasteiger partial charge in [-0.25, -0.2) is 0 Å². The minimum Gasteiger partial charge on any atom is -0.410 e. The number of nitrogens with zero attached hydrogens (tertiary/aromatic N) is 1. The van der Waals surface area contributed by atoms with Gasteiger partial charge in [-0.3, -0.25) is 4.90 Å². The molecule has 1 fully saturated rings. The normalized spacial score (nSPS) is 24.2. The van der Waals surface area contributed by atoms with E-state index in [1.165, 1.54) is 5.56 Å². The Balaban J connectivity index is 2.41. The lowest BCUT2D eigenvalue weighted by Crippen LogP contribution is -2.54. The molecule has 1 aromatic rings. The van der Waals surface area contributed by atoms with E-state index in [9.17, 15) is 0 Å². The first-order chi connectivity index (χ1) is 14.0. The molecule has 5 heteroatoms. The first-order valence-electron chi connectivity index (χ1n) is 12.1. The van der Waals surface area contributed by atoms with Gasteiger partial charge in [0.1, 0.15) is 0 Å². The molecule has 0 spiro atoms. The third-order valence-corrected chi connectivity index (χ3v) is 16.9. The summed E-state index contributed by atoms with van der Waals surface area (Å²) in [5.41, 5.74) is 1.37. The maximum absolute atomic E-state index is 7.17.